The molecular formula is C20H28ClNO3S. The van der Waals surface area contributed by atoms with Crippen molar-refractivity contribution in [1.82, 2.24) is 4.90 Å². The number of ether oxygens (including phenoxy) is 1. The molecule has 2 atom stereocenters. The topological polar surface area (TPSA) is 46.6 Å². The Morgan fingerprint density at radius 2 is 1.96 bits per heavy atom. The molecule has 1 aromatic rings. The summed E-state index contributed by atoms with van der Waals surface area (Å²) in [7, 11) is 0. The van der Waals surface area contributed by atoms with Gasteiger partial charge in [0.15, 0.2) is 0 Å². The highest BCUT2D eigenvalue weighted by atomic mass is 35.5. The van der Waals surface area contributed by atoms with Gasteiger partial charge in [0.2, 0.25) is 5.91 Å². The van der Waals surface area contributed by atoms with Crippen LogP contribution in [0, 0.1) is 0 Å². The molecule has 1 aromatic carbocycles. The van der Waals surface area contributed by atoms with Gasteiger partial charge < -0.3 is 9.64 Å². The summed E-state index contributed by atoms with van der Waals surface area (Å²) in [4.78, 5) is 27.2. The Kier molecular flexibility index (Phi) is 8.79. The van der Waals surface area contributed by atoms with E-state index in [-0.39, 0.29) is 17.3 Å². The third kappa shape index (κ3) is 5.40. The fourth-order valence-electron chi connectivity index (χ4n) is 3.04. The number of benzene rings is 1. The van der Waals surface area contributed by atoms with E-state index in [0.717, 1.165) is 37.7 Å². The highest BCUT2D eigenvalue weighted by Gasteiger charge is 2.43. The average molecular weight is 398 g/mol. The lowest BCUT2D eigenvalue weighted by atomic mass is 10.1. The van der Waals surface area contributed by atoms with Crippen molar-refractivity contribution in [1.29, 1.82) is 0 Å². The van der Waals surface area contributed by atoms with Crippen LogP contribution in [-0.2, 0) is 14.3 Å². The first-order chi connectivity index (χ1) is 12.6. The van der Waals surface area contributed by atoms with Gasteiger partial charge in [-0.15, -0.1) is 11.8 Å². The standard InChI is InChI=1S/C20H28ClNO3S/c1-3-5-6-7-12-18(23)22-17(20(24)25-13-4-2)14-26-19(22)15-10-8-9-11-16(15)21/h8-11,17,19H,3-7,12-14H2,1-2H3/t17-,19-/m0/s1. The van der Waals surface area contributed by atoms with Crippen LogP contribution in [0.3, 0.4) is 0 Å². The van der Waals surface area contributed by atoms with E-state index in [1.165, 1.54) is 0 Å². The van der Waals surface area contributed by atoms with Gasteiger partial charge in [0, 0.05) is 22.8 Å². The number of nitrogens with zero attached hydrogens (tertiary/aromatic N) is 1. The van der Waals surface area contributed by atoms with Crippen molar-refractivity contribution >= 4 is 35.2 Å². The first-order valence-electron chi connectivity index (χ1n) is 9.44. The molecule has 1 heterocycles. The normalized spacial score (nSPS) is 19.6. The van der Waals surface area contributed by atoms with Crippen LogP contribution in [0.2, 0.25) is 5.02 Å². The number of carbonyl (C=O) groups excluding carboxylic acids is 2. The van der Waals surface area contributed by atoms with E-state index in [0.29, 0.717) is 23.8 Å². The zero-order valence-electron chi connectivity index (χ0n) is 15.6. The van der Waals surface area contributed by atoms with Gasteiger partial charge in [-0.2, -0.15) is 0 Å². The van der Waals surface area contributed by atoms with E-state index in [1.54, 1.807) is 16.7 Å². The molecule has 1 aliphatic heterocycles. The summed E-state index contributed by atoms with van der Waals surface area (Å²) in [6.07, 6.45) is 5.36. The number of halogens is 1. The summed E-state index contributed by atoms with van der Waals surface area (Å²) in [5.41, 5.74) is 0.881. The maximum Gasteiger partial charge on any atom is 0.329 e. The molecule has 0 saturated carbocycles. The number of hydrogen-bond donors (Lipinski definition) is 0. The number of esters is 1. The van der Waals surface area contributed by atoms with Crippen LogP contribution in [-0.4, -0.2) is 35.2 Å². The zero-order valence-corrected chi connectivity index (χ0v) is 17.2. The summed E-state index contributed by atoms with van der Waals surface area (Å²) in [5.74, 6) is 0.240. The van der Waals surface area contributed by atoms with Gasteiger partial charge in [0.05, 0.1) is 6.61 Å². The Balaban J connectivity index is 2.17. The third-order valence-electron chi connectivity index (χ3n) is 4.42. The maximum absolute atomic E-state index is 13.0. The minimum absolute atomic E-state index is 0.00877. The molecule has 0 bridgehead atoms. The van der Waals surface area contributed by atoms with Crippen molar-refractivity contribution in [3.63, 3.8) is 0 Å². The first-order valence-corrected chi connectivity index (χ1v) is 10.9. The fourth-order valence-corrected chi connectivity index (χ4v) is 4.81. The van der Waals surface area contributed by atoms with Crippen LogP contribution >= 0.6 is 23.4 Å². The van der Waals surface area contributed by atoms with Gasteiger partial charge in [-0.05, 0) is 18.9 Å². The lowest BCUT2D eigenvalue weighted by molar-refractivity contribution is -0.154. The monoisotopic (exact) mass is 397 g/mol. The molecule has 2 rings (SSSR count). The van der Waals surface area contributed by atoms with Gasteiger partial charge in [0.1, 0.15) is 11.4 Å². The van der Waals surface area contributed by atoms with Crippen LogP contribution < -0.4 is 0 Å². The third-order valence-corrected chi connectivity index (χ3v) is 6.07. The Labute approximate surface area is 165 Å². The molecule has 1 amide bonds. The molecule has 0 radical (unpaired) electrons. The number of unbranched alkanes of at least 4 members (excludes halogenated alkanes) is 3. The first kappa shape index (κ1) is 21.1. The molecule has 0 spiro atoms. The highest BCUT2D eigenvalue weighted by molar-refractivity contribution is 7.99. The van der Waals surface area contributed by atoms with Crippen molar-refractivity contribution in [3.8, 4) is 0 Å². The Morgan fingerprint density at radius 3 is 2.65 bits per heavy atom. The molecule has 0 aromatic heterocycles. The van der Waals surface area contributed by atoms with Gasteiger partial charge >= 0.3 is 5.97 Å². The van der Waals surface area contributed by atoms with Crippen LogP contribution in [0.15, 0.2) is 24.3 Å². The van der Waals surface area contributed by atoms with Crippen molar-refractivity contribution in [3.05, 3.63) is 34.9 Å². The molecular weight excluding hydrogens is 370 g/mol. The molecule has 0 N–H and O–H groups in total. The second kappa shape index (κ2) is 10.8. The Bertz CT molecular complexity index is 610. The van der Waals surface area contributed by atoms with Crippen molar-refractivity contribution in [2.45, 2.75) is 63.8 Å². The molecule has 26 heavy (non-hydrogen) atoms. The Morgan fingerprint density at radius 1 is 1.19 bits per heavy atom. The second-order valence-corrected chi connectivity index (χ2v) is 8.02. The lowest BCUT2D eigenvalue weighted by Gasteiger charge is -2.29. The highest BCUT2D eigenvalue weighted by Crippen LogP contribution is 2.44. The minimum atomic E-state index is -0.536. The number of carbonyl (C=O) groups is 2. The molecule has 1 aliphatic rings. The molecule has 144 valence electrons. The maximum atomic E-state index is 13.0. The predicted octanol–water partition coefficient (Wildman–Crippen LogP) is 5.21. The summed E-state index contributed by atoms with van der Waals surface area (Å²) in [6, 6.07) is 7.00. The van der Waals surface area contributed by atoms with Gasteiger partial charge in [-0.1, -0.05) is 62.9 Å². The molecule has 0 aliphatic carbocycles. The summed E-state index contributed by atoms with van der Waals surface area (Å²) in [5, 5.41) is 0.387. The number of hydrogen-bond acceptors (Lipinski definition) is 4. The number of rotatable bonds is 9. The van der Waals surface area contributed by atoms with Crippen molar-refractivity contribution < 1.29 is 14.3 Å². The SMILES string of the molecule is CCCCCCC(=O)N1[C@H](C(=O)OCCC)CS[C@H]1c1ccccc1Cl. The quantitative estimate of drug-likeness (QED) is 0.424. The van der Waals surface area contributed by atoms with Crippen LogP contribution in [0.25, 0.3) is 0 Å². The van der Waals surface area contributed by atoms with E-state index in [1.807, 2.05) is 31.2 Å². The van der Waals surface area contributed by atoms with E-state index in [4.69, 9.17) is 16.3 Å². The van der Waals surface area contributed by atoms with Gasteiger partial charge in [-0.25, -0.2) is 4.79 Å². The van der Waals surface area contributed by atoms with E-state index >= 15 is 0 Å². The molecule has 1 saturated heterocycles. The number of thioether (sulfide) groups is 1. The molecule has 4 nitrogen and oxygen atoms in total. The second-order valence-electron chi connectivity index (χ2n) is 6.50. The number of amides is 1. The van der Waals surface area contributed by atoms with E-state index in [2.05, 4.69) is 6.92 Å². The van der Waals surface area contributed by atoms with Crippen LogP contribution in [0.5, 0.6) is 0 Å². The van der Waals surface area contributed by atoms with E-state index < -0.39 is 6.04 Å². The smallest absolute Gasteiger partial charge is 0.329 e. The predicted molar refractivity (Wildman–Crippen MR) is 107 cm³/mol. The summed E-state index contributed by atoms with van der Waals surface area (Å²) < 4.78 is 5.33. The zero-order chi connectivity index (χ0) is 18.9. The molecule has 0 unspecified atom stereocenters. The fraction of sp³-hybridized carbons (Fsp3) is 0.600. The van der Waals surface area contributed by atoms with Gasteiger partial charge in [0.25, 0.3) is 0 Å². The minimum Gasteiger partial charge on any atom is -0.464 e. The molecule has 1 fully saturated rings. The van der Waals surface area contributed by atoms with E-state index in [9.17, 15) is 9.59 Å². The largest absolute Gasteiger partial charge is 0.464 e. The van der Waals surface area contributed by atoms with Crippen LogP contribution in [0.1, 0.15) is 63.3 Å². The Hall–Kier alpha value is -1.20. The summed E-state index contributed by atoms with van der Waals surface area (Å²) >= 11 is 7.94. The summed E-state index contributed by atoms with van der Waals surface area (Å²) in [6.45, 7) is 4.49. The van der Waals surface area contributed by atoms with Crippen LogP contribution in [0.4, 0.5) is 0 Å². The van der Waals surface area contributed by atoms with Crippen molar-refractivity contribution in [2.75, 3.05) is 12.4 Å². The average Bonchev–Trinajstić information content (AvgIpc) is 3.08. The molecule has 6 heteroatoms. The van der Waals surface area contributed by atoms with Gasteiger partial charge in [-0.3, -0.25) is 4.79 Å². The lowest BCUT2D eigenvalue weighted by Crippen LogP contribution is -2.43. The van der Waals surface area contributed by atoms with Crippen molar-refractivity contribution in [2.24, 2.45) is 0 Å².